The van der Waals surface area contributed by atoms with Crippen molar-refractivity contribution in [2.24, 2.45) is 0 Å². The molecule has 2 rings (SSSR count). The summed E-state index contributed by atoms with van der Waals surface area (Å²) in [6, 6.07) is 12.8. The Balaban J connectivity index is 2.30. The molecule has 0 radical (unpaired) electrons. The first-order valence-corrected chi connectivity index (χ1v) is 5.60. The summed E-state index contributed by atoms with van der Waals surface area (Å²) in [5, 5.41) is 1.31. The Kier molecular flexibility index (Phi) is 3.37. The first kappa shape index (κ1) is 11.3. The van der Waals surface area contributed by atoms with Gasteiger partial charge in [-0.25, -0.2) is 0 Å². The molecule has 0 aliphatic heterocycles. The monoisotopic (exact) mass is 252 g/mol. The predicted octanol–water partition coefficient (Wildman–Crippen LogP) is 5.09. The molecule has 1 nitrogen and oxygen atoms in total. The highest BCUT2D eigenvalue weighted by Crippen LogP contribution is 2.28. The lowest BCUT2D eigenvalue weighted by Gasteiger charge is -2.09. The fourth-order valence-electron chi connectivity index (χ4n) is 1.34. The van der Waals surface area contributed by atoms with Crippen LogP contribution in [0.15, 0.2) is 42.5 Å². The van der Waals surface area contributed by atoms with E-state index >= 15 is 0 Å². The van der Waals surface area contributed by atoms with E-state index in [0.29, 0.717) is 15.8 Å². The third-order valence-corrected chi connectivity index (χ3v) is 2.64. The Bertz CT molecular complexity index is 509. The number of hydrogen-bond acceptors (Lipinski definition) is 1. The van der Waals surface area contributed by atoms with Gasteiger partial charge in [-0.05, 0) is 42.8 Å². The minimum atomic E-state index is 0.650. The Labute approximate surface area is 105 Å². The summed E-state index contributed by atoms with van der Waals surface area (Å²) in [5.74, 6) is 1.45. The summed E-state index contributed by atoms with van der Waals surface area (Å²) in [7, 11) is 0. The fraction of sp³-hybridized carbons (Fsp3) is 0.0769. The highest BCUT2D eigenvalue weighted by Gasteiger charge is 2.02. The van der Waals surface area contributed by atoms with E-state index in [2.05, 4.69) is 0 Å². The first-order valence-electron chi connectivity index (χ1n) is 4.85. The van der Waals surface area contributed by atoms with Crippen molar-refractivity contribution >= 4 is 23.2 Å². The van der Waals surface area contributed by atoms with Gasteiger partial charge in [0.1, 0.15) is 11.5 Å². The molecule has 0 amide bonds. The first-order chi connectivity index (χ1) is 7.65. The van der Waals surface area contributed by atoms with Crippen molar-refractivity contribution in [3.05, 3.63) is 58.1 Å². The van der Waals surface area contributed by atoms with Crippen LogP contribution in [0.25, 0.3) is 0 Å². The zero-order chi connectivity index (χ0) is 11.5. The molecule has 0 aromatic heterocycles. The highest BCUT2D eigenvalue weighted by molar-refractivity contribution is 6.31. The van der Waals surface area contributed by atoms with Crippen molar-refractivity contribution in [2.45, 2.75) is 6.92 Å². The van der Waals surface area contributed by atoms with Gasteiger partial charge >= 0.3 is 0 Å². The molecule has 0 fully saturated rings. The number of ether oxygens (including phenoxy) is 1. The van der Waals surface area contributed by atoms with Gasteiger partial charge in [-0.3, -0.25) is 0 Å². The molecule has 0 heterocycles. The Morgan fingerprint density at radius 3 is 2.44 bits per heavy atom. The van der Waals surface area contributed by atoms with Crippen LogP contribution in [0.4, 0.5) is 0 Å². The molecule has 0 spiro atoms. The van der Waals surface area contributed by atoms with Crippen LogP contribution in [0.5, 0.6) is 11.5 Å². The van der Waals surface area contributed by atoms with Crippen LogP contribution in [0, 0.1) is 6.92 Å². The van der Waals surface area contributed by atoms with Crippen molar-refractivity contribution in [1.82, 2.24) is 0 Å². The SMILES string of the molecule is Cc1ccc(Cl)cc1Oc1cccc(Cl)c1. The van der Waals surface area contributed by atoms with E-state index in [9.17, 15) is 0 Å². The van der Waals surface area contributed by atoms with Crippen LogP contribution in [-0.4, -0.2) is 0 Å². The van der Waals surface area contributed by atoms with Crippen molar-refractivity contribution in [3.63, 3.8) is 0 Å². The second-order valence-corrected chi connectivity index (χ2v) is 4.34. The lowest BCUT2D eigenvalue weighted by molar-refractivity contribution is 0.479. The van der Waals surface area contributed by atoms with Gasteiger partial charge in [-0.2, -0.15) is 0 Å². The molecule has 0 saturated carbocycles. The molecule has 2 aromatic rings. The van der Waals surface area contributed by atoms with Gasteiger partial charge < -0.3 is 4.74 Å². The maximum atomic E-state index is 5.91. The number of aryl methyl sites for hydroxylation is 1. The fourth-order valence-corrected chi connectivity index (χ4v) is 1.68. The summed E-state index contributed by atoms with van der Waals surface area (Å²) >= 11 is 11.8. The van der Waals surface area contributed by atoms with E-state index in [0.717, 1.165) is 11.3 Å². The van der Waals surface area contributed by atoms with Gasteiger partial charge in [-0.15, -0.1) is 0 Å². The van der Waals surface area contributed by atoms with E-state index in [4.69, 9.17) is 27.9 Å². The van der Waals surface area contributed by atoms with Crippen LogP contribution < -0.4 is 4.74 Å². The van der Waals surface area contributed by atoms with Crippen LogP contribution >= 0.6 is 23.2 Å². The molecule has 16 heavy (non-hydrogen) atoms. The zero-order valence-corrected chi connectivity index (χ0v) is 10.2. The summed E-state index contributed by atoms with van der Waals surface area (Å²) < 4.78 is 5.70. The average molecular weight is 253 g/mol. The van der Waals surface area contributed by atoms with Gasteiger partial charge in [0.25, 0.3) is 0 Å². The lowest BCUT2D eigenvalue weighted by Crippen LogP contribution is -1.87. The quantitative estimate of drug-likeness (QED) is 0.723. The molecule has 3 heteroatoms. The average Bonchev–Trinajstić information content (AvgIpc) is 2.24. The van der Waals surface area contributed by atoms with Gasteiger partial charge in [0.15, 0.2) is 0 Å². The number of hydrogen-bond donors (Lipinski definition) is 0. The van der Waals surface area contributed by atoms with Crippen LogP contribution in [0.1, 0.15) is 5.56 Å². The molecule has 0 aliphatic rings. The third-order valence-electron chi connectivity index (χ3n) is 2.17. The molecule has 0 atom stereocenters. The van der Waals surface area contributed by atoms with Crippen molar-refractivity contribution in [1.29, 1.82) is 0 Å². The predicted molar refractivity (Wildman–Crippen MR) is 67.7 cm³/mol. The smallest absolute Gasteiger partial charge is 0.131 e. The maximum Gasteiger partial charge on any atom is 0.131 e. The summed E-state index contributed by atoms with van der Waals surface area (Å²) in [5.41, 5.74) is 1.03. The van der Waals surface area contributed by atoms with E-state index in [1.54, 1.807) is 18.2 Å². The van der Waals surface area contributed by atoms with E-state index < -0.39 is 0 Å². The van der Waals surface area contributed by atoms with Crippen LogP contribution in [-0.2, 0) is 0 Å². The zero-order valence-electron chi connectivity index (χ0n) is 8.71. The van der Waals surface area contributed by atoms with Gasteiger partial charge in [0, 0.05) is 10.0 Å². The maximum absolute atomic E-state index is 5.91. The molecule has 0 N–H and O–H groups in total. The second-order valence-electron chi connectivity index (χ2n) is 3.47. The van der Waals surface area contributed by atoms with Crippen molar-refractivity contribution in [3.8, 4) is 11.5 Å². The van der Waals surface area contributed by atoms with Crippen molar-refractivity contribution < 1.29 is 4.74 Å². The topological polar surface area (TPSA) is 9.23 Å². The highest BCUT2D eigenvalue weighted by atomic mass is 35.5. The van der Waals surface area contributed by atoms with E-state index in [1.807, 2.05) is 31.2 Å². The molecular weight excluding hydrogens is 243 g/mol. The van der Waals surface area contributed by atoms with Crippen LogP contribution in [0.3, 0.4) is 0 Å². The number of benzene rings is 2. The molecule has 0 saturated heterocycles. The van der Waals surface area contributed by atoms with Gasteiger partial charge in [0.05, 0.1) is 0 Å². The van der Waals surface area contributed by atoms with Gasteiger partial charge in [-0.1, -0.05) is 35.3 Å². The molecule has 82 valence electrons. The molecular formula is C13H10Cl2O. The summed E-state index contributed by atoms with van der Waals surface area (Å²) in [6.45, 7) is 1.97. The Morgan fingerprint density at radius 1 is 0.938 bits per heavy atom. The van der Waals surface area contributed by atoms with Gasteiger partial charge in [0.2, 0.25) is 0 Å². The summed E-state index contributed by atoms with van der Waals surface area (Å²) in [6.07, 6.45) is 0. The normalized spacial score (nSPS) is 10.2. The van der Waals surface area contributed by atoms with E-state index in [1.165, 1.54) is 0 Å². The number of halogens is 2. The largest absolute Gasteiger partial charge is 0.457 e. The van der Waals surface area contributed by atoms with Crippen molar-refractivity contribution in [2.75, 3.05) is 0 Å². The Hall–Kier alpha value is -1.18. The number of rotatable bonds is 2. The third kappa shape index (κ3) is 2.69. The molecule has 0 aliphatic carbocycles. The lowest BCUT2D eigenvalue weighted by atomic mass is 10.2. The van der Waals surface area contributed by atoms with E-state index in [-0.39, 0.29) is 0 Å². The summed E-state index contributed by atoms with van der Waals surface area (Å²) in [4.78, 5) is 0. The minimum Gasteiger partial charge on any atom is -0.457 e. The standard InChI is InChI=1S/C13H10Cl2O/c1-9-5-6-11(15)8-13(9)16-12-4-2-3-10(14)7-12/h2-8H,1H3. The Morgan fingerprint density at radius 2 is 1.69 bits per heavy atom. The molecule has 2 aromatic carbocycles. The minimum absolute atomic E-state index is 0.650. The molecule has 0 bridgehead atoms. The second kappa shape index (κ2) is 4.77. The van der Waals surface area contributed by atoms with Crippen LogP contribution in [0.2, 0.25) is 10.0 Å². The molecule has 0 unspecified atom stereocenters.